The molecule has 0 unspecified atom stereocenters. The molecule has 0 saturated heterocycles. The summed E-state index contributed by atoms with van der Waals surface area (Å²) in [6.07, 6.45) is 0. The standard InChI is InChI=1S/C49H32N2S/c1-49(2)39-18-7-6-15-33(39)36-27-38-37-25-30(21-23-41(37)50(44(38)28-40(36)49)32-13-4-3-5-14-32)31-22-24-42-46(26-31)52-45-20-10-17-35-34-16-8-11-29-12-9-19-43(47(29)34)51(42)48(35)45/h3-28H,1-2H3. The maximum atomic E-state index is 2.51. The third-order valence-electron chi connectivity index (χ3n) is 11.9. The molecule has 52 heavy (non-hydrogen) atoms. The van der Waals surface area contributed by atoms with Crippen LogP contribution in [-0.2, 0) is 5.41 Å². The number of nitrogens with zero attached hydrogens (tertiary/aromatic N) is 2. The number of aromatic nitrogens is 2. The lowest BCUT2D eigenvalue weighted by Gasteiger charge is -2.23. The Labute approximate surface area is 304 Å². The topological polar surface area (TPSA) is 9.86 Å². The zero-order valence-corrected chi connectivity index (χ0v) is 29.6. The van der Waals surface area contributed by atoms with E-state index in [1.54, 1.807) is 0 Å². The van der Waals surface area contributed by atoms with Crippen molar-refractivity contribution >= 4 is 75.1 Å². The summed E-state index contributed by atoms with van der Waals surface area (Å²) in [7, 11) is 0. The first kappa shape index (κ1) is 28.5. The number of pyridine rings is 1. The van der Waals surface area contributed by atoms with Crippen molar-refractivity contribution < 1.29 is 0 Å². The summed E-state index contributed by atoms with van der Waals surface area (Å²) < 4.78 is 7.54. The normalized spacial score (nSPS) is 13.7. The highest BCUT2D eigenvalue weighted by Crippen LogP contribution is 2.51. The molecule has 3 aliphatic rings. The van der Waals surface area contributed by atoms with Gasteiger partial charge in [-0.3, -0.25) is 0 Å². The summed E-state index contributed by atoms with van der Waals surface area (Å²) in [6.45, 7) is 4.74. The molecular weight excluding hydrogens is 649 g/mol. The van der Waals surface area contributed by atoms with E-state index < -0.39 is 0 Å². The molecule has 3 heterocycles. The van der Waals surface area contributed by atoms with E-state index in [1.807, 2.05) is 11.3 Å². The minimum absolute atomic E-state index is 0.0641. The SMILES string of the molecule is CC1(C)c2ccccc2-c2cc3c4cc(-c5ccc6c(c5)sc5cccc7c5-n6c5cccc6cccc7c65)ccc4n(-c4ccccc4)c3cc21. The molecule has 0 N–H and O–H groups in total. The van der Waals surface area contributed by atoms with Gasteiger partial charge in [-0.05, 0) is 105 Å². The van der Waals surface area contributed by atoms with Crippen LogP contribution in [0.25, 0.3) is 97.4 Å². The molecule has 0 saturated carbocycles. The zero-order valence-electron chi connectivity index (χ0n) is 28.8. The van der Waals surface area contributed by atoms with Crippen LogP contribution in [0.4, 0.5) is 0 Å². The number of hydrogen-bond donors (Lipinski definition) is 0. The van der Waals surface area contributed by atoms with Crippen LogP contribution in [0.15, 0.2) is 158 Å². The predicted octanol–water partition coefficient (Wildman–Crippen LogP) is 13.7. The third-order valence-corrected chi connectivity index (χ3v) is 13.0. The second kappa shape index (κ2) is 10.00. The molecule has 0 amide bonds. The maximum Gasteiger partial charge on any atom is 0.0713 e. The number of fused-ring (bicyclic) bond motifs is 10. The molecule has 8 aromatic carbocycles. The minimum Gasteiger partial charge on any atom is -0.309 e. The van der Waals surface area contributed by atoms with E-state index in [0.29, 0.717) is 0 Å². The van der Waals surface area contributed by atoms with E-state index in [4.69, 9.17) is 0 Å². The number of rotatable bonds is 2. The Balaban J connectivity index is 1.12. The summed E-state index contributed by atoms with van der Waals surface area (Å²) >= 11 is 1.89. The van der Waals surface area contributed by atoms with Crippen molar-refractivity contribution in [3.05, 3.63) is 169 Å². The average Bonchev–Trinajstić information content (AvgIpc) is 3.62. The van der Waals surface area contributed by atoms with E-state index in [0.717, 1.165) is 0 Å². The predicted molar refractivity (Wildman–Crippen MR) is 222 cm³/mol. The van der Waals surface area contributed by atoms with E-state index in [1.165, 1.54) is 109 Å². The van der Waals surface area contributed by atoms with Gasteiger partial charge in [-0.2, -0.15) is 0 Å². The van der Waals surface area contributed by atoms with E-state index in [9.17, 15) is 0 Å². The first-order chi connectivity index (χ1) is 25.5. The van der Waals surface area contributed by atoms with Gasteiger partial charge in [-0.15, -0.1) is 11.3 Å². The molecule has 0 spiro atoms. The van der Waals surface area contributed by atoms with E-state index in [2.05, 4.69) is 181 Å². The molecule has 0 fully saturated rings. The Hall–Kier alpha value is -6.16. The molecule has 0 atom stereocenters. The molecule has 2 aliphatic heterocycles. The van der Waals surface area contributed by atoms with Gasteiger partial charge in [-0.1, -0.05) is 111 Å². The van der Waals surface area contributed by atoms with Gasteiger partial charge in [0.15, 0.2) is 0 Å². The molecule has 12 rings (SSSR count). The molecule has 1 aliphatic carbocycles. The second-order valence-electron chi connectivity index (χ2n) is 14.9. The van der Waals surface area contributed by atoms with Gasteiger partial charge in [0, 0.05) is 32.6 Å². The van der Waals surface area contributed by atoms with Crippen molar-refractivity contribution in [2.45, 2.75) is 19.3 Å². The largest absolute Gasteiger partial charge is 0.309 e. The van der Waals surface area contributed by atoms with Gasteiger partial charge in [0.1, 0.15) is 0 Å². The first-order valence-electron chi connectivity index (χ1n) is 18.1. The van der Waals surface area contributed by atoms with Gasteiger partial charge in [0.25, 0.3) is 0 Å². The summed E-state index contributed by atoms with van der Waals surface area (Å²) in [5.74, 6) is 0. The lowest BCUT2D eigenvalue weighted by atomic mass is 9.82. The van der Waals surface area contributed by atoms with E-state index in [-0.39, 0.29) is 5.41 Å². The summed E-state index contributed by atoms with van der Waals surface area (Å²) in [5.41, 5.74) is 15.4. The number of benzene rings is 8. The quantitative estimate of drug-likeness (QED) is 0.127. The van der Waals surface area contributed by atoms with Crippen molar-refractivity contribution in [2.24, 2.45) is 0 Å². The highest BCUT2D eigenvalue weighted by Gasteiger charge is 2.36. The zero-order chi connectivity index (χ0) is 34.3. The van der Waals surface area contributed by atoms with Crippen molar-refractivity contribution in [1.29, 1.82) is 0 Å². The third kappa shape index (κ3) is 3.63. The Morgan fingerprint density at radius 3 is 2.06 bits per heavy atom. The van der Waals surface area contributed by atoms with Crippen LogP contribution in [0.2, 0.25) is 0 Å². The van der Waals surface area contributed by atoms with Crippen molar-refractivity contribution in [1.82, 2.24) is 9.13 Å². The van der Waals surface area contributed by atoms with Gasteiger partial charge in [0.2, 0.25) is 0 Å². The van der Waals surface area contributed by atoms with Crippen LogP contribution >= 0.6 is 11.3 Å². The van der Waals surface area contributed by atoms with Crippen molar-refractivity contribution in [2.75, 3.05) is 0 Å². The summed E-state index contributed by atoms with van der Waals surface area (Å²) in [5, 5.41) is 7.81. The van der Waals surface area contributed by atoms with Crippen LogP contribution in [0.5, 0.6) is 0 Å². The fourth-order valence-corrected chi connectivity index (χ4v) is 10.6. The van der Waals surface area contributed by atoms with Gasteiger partial charge in [0.05, 0.1) is 37.2 Å². The minimum atomic E-state index is -0.0641. The van der Waals surface area contributed by atoms with Crippen molar-refractivity contribution in [3.8, 4) is 33.6 Å². The van der Waals surface area contributed by atoms with Crippen LogP contribution in [0.1, 0.15) is 25.0 Å². The molecule has 9 aromatic rings. The molecule has 0 bridgehead atoms. The lowest BCUT2D eigenvalue weighted by Crippen LogP contribution is -2.14. The van der Waals surface area contributed by atoms with E-state index >= 15 is 0 Å². The fourth-order valence-electron chi connectivity index (χ4n) is 9.48. The Kier molecular flexibility index (Phi) is 5.49. The smallest absolute Gasteiger partial charge is 0.0713 e. The monoisotopic (exact) mass is 680 g/mol. The molecule has 3 heteroatoms. The van der Waals surface area contributed by atoms with Crippen LogP contribution in [-0.4, -0.2) is 9.13 Å². The Bertz CT molecular complexity index is 3260. The average molecular weight is 681 g/mol. The van der Waals surface area contributed by atoms with Crippen molar-refractivity contribution in [3.63, 3.8) is 0 Å². The molecular formula is C49H32N2S. The number of para-hydroxylation sites is 2. The number of hydrogen-bond acceptors (Lipinski definition) is 1. The van der Waals surface area contributed by atoms with Crippen LogP contribution < -0.4 is 0 Å². The maximum absolute atomic E-state index is 2.51. The second-order valence-corrected chi connectivity index (χ2v) is 16.0. The molecule has 244 valence electrons. The fraction of sp³-hybridized carbons (Fsp3) is 0.0612. The Morgan fingerprint density at radius 1 is 0.442 bits per heavy atom. The molecule has 1 aromatic heterocycles. The van der Waals surface area contributed by atoms with Gasteiger partial charge in [-0.25, -0.2) is 0 Å². The summed E-state index contributed by atoms with van der Waals surface area (Å²) in [6, 6.07) is 59.1. The highest BCUT2D eigenvalue weighted by atomic mass is 32.1. The lowest BCUT2D eigenvalue weighted by molar-refractivity contribution is 0.661. The molecule has 2 nitrogen and oxygen atoms in total. The first-order valence-corrected chi connectivity index (χ1v) is 18.9. The van der Waals surface area contributed by atoms with Gasteiger partial charge >= 0.3 is 0 Å². The van der Waals surface area contributed by atoms with Crippen LogP contribution in [0.3, 0.4) is 0 Å². The van der Waals surface area contributed by atoms with Gasteiger partial charge < -0.3 is 9.13 Å². The Morgan fingerprint density at radius 2 is 1.17 bits per heavy atom. The summed E-state index contributed by atoms with van der Waals surface area (Å²) in [4.78, 5) is 0. The van der Waals surface area contributed by atoms with Crippen LogP contribution in [0, 0.1) is 0 Å². The molecule has 0 radical (unpaired) electrons. The highest BCUT2D eigenvalue weighted by molar-refractivity contribution is 7.24.